The number of rotatable bonds is 5. The molecule has 0 aliphatic rings. The first-order chi connectivity index (χ1) is 8.75. The van der Waals surface area contributed by atoms with Crippen LogP contribution >= 0.6 is 0 Å². The van der Waals surface area contributed by atoms with Crippen molar-refractivity contribution in [2.75, 3.05) is 13.6 Å². The molecular weight excluding hydrogens is 222 g/mol. The summed E-state index contributed by atoms with van der Waals surface area (Å²) in [6.07, 6.45) is 0. The Hall–Kier alpha value is -1.93. The quantitative estimate of drug-likeness (QED) is 0.748. The van der Waals surface area contributed by atoms with Crippen LogP contribution in [0.3, 0.4) is 0 Å². The minimum atomic E-state index is 0.161. The molecule has 2 nitrogen and oxygen atoms in total. The van der Waals surface area contributed by atoms with Gasteiger partial charge in [0.2, 0.25) is 0 Å². The summed E-state index contributed by atoms with van der Waals surface area (Å²) < 4.78 is 0. The monoisotopic (exact) mass is 239 g/mol. The van der Waals surface area contributed by atoms with Crippen LogP contribution in [0.2, 0.25) is 0 Å². The van der Waals surface area contributed by atoms with E-state index >= 15 is 0 Å². The van der Waals surface area contributed by atoms with E-state index in [1.165, 1.54) is 5.56 Å². The molecule has 0 heterocycles. The second-order valence-corrected chi connectivity index (χ2v) is 4.45. The van der Waals surface area contributed by atoms with Crippen LogP contribution in [0.5, 0.6) is 0 Å². The third kappa shape index (κ3) is 3.54. The van der Waals surface area contributed by atoms with Crippen LogP contribution in [0, 0.1) is 0 Å². The summed E-state index contributed by atoms with van der Waals surface area (Å²) >= 11 is 0. The summed E-state index contributed by atoms with van der Waals surface area (Å²) in [4.78, 5) is 14.0. The summed E-state index contributed by atoms with van der Waals surface area (Å²) in [6, 6.07) is 19.6. The minimum Gasteiger partial charge on any atom is -0.295 e. The molecule has 0 fully saturated rings. The van der Waals surface area contributed by atoms with Crippen molar-refractivity contribution in [3.05, 3.63) is 71.8 Å². The molecule has 0 N–H and O–H groups in total. The number of benzene rings is 2. The molecule has 92 valence electrons. The summed E-state index contributed by atoms with van der Waals surface area (Å²) in [7, 11) is 1.97. The van der Waals surface area contributed by atoms with Crippen LogP contribution in [0.1, 0.15) is 15.9 Å². The Bertz CT molecular complexity index is 493. The maximum Gasteiger partial charge on any atom is 0.176 e. The first-order valence-electron chi connectivity index (χ1n) is 6.06. The van der Waals surface area contributed by atoms with Crippen molar-refractivity contribution >= 4 is 5.78 Å². The predicted octanol–water partition coefficient (Wildman–Crippen LogP) is 3.00. The number of carbonyl (C=O) groups excluding carboxylic acids is 1. The fraction of sp³-hybridized carbons (Fsp3) is 0.188. The van der Waals surface area contributed by atoms with Crippen molar-refractivity contribution in [1.82, 2.24) is 4.90 Å². The topological polar surface area (TPSA) is 20.3 Å². The average molecular weight is 239 g/mol. The lowest BCUT2D eigenvalue weighted by Gasteiger charge is -2.15. The van der Waals surface area contributed by atoms with Gasteiger partial charge in [-0.05, 0) is 12.6 Å². The molecule has 18 heavy (non-hydrogen) atoms. The highest BCUT2D eigenvalue weighted by molar-refractivity contribution is 5.97. The fourth-order valence-corrected chi connectivity index (χ4v) is 1.91. The van der Waals surface area contributed by atoms with Crippen molar-refractivity contribution in [3.8, 4) is 0 Å². The lowest BCUT2D eigenvalue weighted by atomic mass is 10.1. The molecule has 2 rings (SSSR count). The number of Topliss-reactive ketones (excluding diaryl/α,β-unsaturated/α-hetero) is 1. The van der Waals surface area contributed by atoms with Crippen molar-refractivity contribution in [2.45, 2.75) is 6.54 Å². The van der Waals surface area contributed by atoms with Gasteiger partial charge in [-0.25, -0.2) is 0 Å². The normalized spacial score (nSPS) is 10.6. The molecule has 2 aromatic rings. The summed E-state index contributed by atoms with van der Waals surface area (Å²) in [5, 5.41) is 0. The molecule has 0 bridgehead atoms. The van der Waals surface area contributed by atoms with Gasteiger partial charge in [-0.2, -0.15) is 0 Å². The van der Waals surface area contributed by atoms with Gasteiger partial charge in [-0.15, -0.1) is 0 Å². The molecule has 0 aromatic heterocycles. The first-order valence-corrected chi connectivity index (χ1v) is 6.06. The largest absolute Gasteiger partial charge is 0.295 e. The smallest absolute Gasteiger partial charge is 0.176 e. The van der Waals surface area contributed by atoms with E-state index in [9.17, 15) is 4.79 Å². The maximum atomic E-state index is 12.0. The van der Waals surface area contributed by atoms with Crippen LogP contribution < -0.4 is 0 Å². The van der Waals surface area contributed by atoms with Gasteiger partial charge in [0.15, 0.2) is 5.78 Å². The molecule has 2 aromatic carbocycles. The van der Waals surface area contributed by atoms with Crippen LogP contribution in [0.15, 0.2) is 60.7 Å². The Morgan fingerprint density at radius 2 is 1.50 bits per heavy atom. The van der Waals surface area contributed by atoms with E-state index in [-0.39, 0.29) is 5.78 Å². The van der Waals surface area contributed by atoms with Crippen LogP contribution in [0.4, 0.5) is 0 Å². The summed E-state index contributed by atoms with van der Waals surface area (Å²) in [5.41, 5.74) is 2.00. The van der Waals surface area contributed by atoms with Gasteiger partial charge in [0, 0.05) is 12.1 Å². The number of hydrogen-bond acceptors (Lipinski definition) is 2. The van der Waals surface area contributed by atoms with E-state index in [2.05, 4.69) is 12.1 Å². The van der Waals surface area contributed by atoms with Gasteiger partial charge in [0.05, 0.1) is 6.54 Å². The molecule has 0 radical (unpaired) electrons. The van der Waals surface area contributed by atoms with Gasteiger partial charge in [-0.1, -0.05) is 60.7 Å². The number of likely N-dealkylation sites (N-methyl/N-ethyl adjacent to an activating group) is 1. The Labute approximate surface area is 108 Å². The average Bonchev–Trinajstić information content (AvgIpc) is 2.40. The van der Waals surface area contributed by atoms with Crippen molar-refractivity contribution in [2.24, 2.45) is 0 Å². The number of carbonyl (C=O) groups is 1. The molecule has 0 atom stereocenters. The van der Waals surface area contributed by atoms with Crippen LogP contribution in [-0.2, 0) is 6.54 Å². The van der Waals surface area contributed by atoms with E-state index < -0.39 is 0 Å². The fourth-order valence-electron chi connectivity index (χ4n) is 1.91. The summed E-state index contributed by atoms with van der Waals surface area (Å²) in [5.74, 6) is 0.161. The summed E-state index contributed by atoms with van der Waals surface area (Å²) in [6.45, 7) is 1.23. The first kappa shape index (κ1) is 12.5. The van der Waals surface area contributed by atoms with E-state index in [4.69, 9.17) is 0 Å². The Kier molecular flexibility index (Phi) is 4.26. The molecule has 0 aliphatic heterocycles. The Balaban J connectivity index is 1.92. The zero-order valence-electron chi connectivity index (χ0n) is 10.5. The second kappa shape index (κ2) is 6.12. The number of ketones is 1. The molecule has 0 spiro atoms. The number of hydrogen-bond donors (Lipinski definition) is 0. The third-order valence-corrected chi connectivity index (χ3v) is 2.80. The molecule has 0 saturated heterocycles. The van der Waals surface area contributed by atoms with Gasteiger partial charge >= 0.3 is 0 Å². The van der Waals surface area contributed by atoms with Gasteiger partial charge in [-0.3, -0.25) is 9.69 Å². The SMILES string of the molecule is CN(CC(=O)c1ccccc1)Cc1ccccc1. The highest BCUT2D eigenvalue weighted by Crippen LogP contribution is 2.05. The lowest BCUT2D eigenvalue weighted by Crippen LogP contribution is -2.25. The molecule has 0 saturated carbocycles. The van der Waals surface area contributed by atoms with Crippen molar-refractivity contribution in [3.63, 3.8) is 0 Å². The van der Waals surface area contributed by atoms with Crippen molar-refractivity contribution < 1.29 is 4.79 Å². The van der Waals surface area contributed by atoms with Crippen molar-refractivity contribution in [1.29, 1.82) is 0 Å². The standard InChI is InChI=1S/C16H17NO/c1-17(12-14-8-4-2-5-9-14)13-16(18)15-10-6-3-7-11-15/h2-11H,12-13H2,1H3. The highest BCUT2D eigenvalue weighted by Gasteiger charge is 2.08. The Morgan fingerprint density at radius 3 is 2.11 bits per heavy atom. The van der Waals surface area contributed by atoms with Gasteiger partial charge < -0.3 is 0 Å². The molecule has 0 amide bonds. The zero-order chi connectivity index (χ0) is 12.8. The zero-order valence-corrected chi connectivity index (χ0v) is 10.5. The number of nitrogens with zero attached hydrogens (tertiary/aromatic N) is 1. The lowest BCUT2D eigenvalue weighted by molar-refractivity contribution is 0.0943. The third-order valence-electron chi connectivity index (χ3n) is 2.80. The van der Waals surface area contributed by atoms with E-state index in [1.54, 1.807) is 0 Å². The van der Waals surface area contributed by atoms with E-state index in [0.717, 1.165) is 12.1 Å². The molecule has 0 unspecified atom stereocenters. The van der Waals surface area contributed by atoms with E-state index in [1.807, 2.05) is 60.5 Å². The molecule has 2 heteroatoms. The Morgan fingerprint density at radius 1 is 0.944 bits per heavy atom. The second-order valence-electron chi connectivity index (χ2n) is 4.45. The predicted molar refractivity (Wildman–Crippen MR) is 73.5 cm³/mol. The molecule has 0 aliphatic carbocycles. The van der Waals surface area contributed by atoms with Crippen LogP contribution in [0.25, 0.3) is 0 Å². The minimum absolute atomic E-state index is 0.161. The van der Waals surface area contributed by atoms with Gasteiger partial charge in [0.25, 0.3) is 0 Å². The van der Waals surface area contributed by atoms with E-state index in [0.29, 0.717) is 6.54 Å². The highest BCUT2D eigenvalue weighted by atomic mass is 16.1. The molecular formula is C16H17NO. The van der Waals surface area contributed by atoms with Crippen LogP contribution in [-0.4, -0.2) is 24.3 Å². The maximum absolute atomic E-state index is 12.0. The van der Waals surface area contributed by atoms with Gasteiger partial charge in [0.1, 0.15) is 0 Å².